The fourth-order valence-corrected chi connectivity index (χ4v) is 4.31. The Morgan fingerprint density at radius 3 is 2.54 bits per heavy atom. The maximum absolute atomic E-state index is 13.3. The Balaban J connectivity index is 1.37. The zero-order valence-electron chi connectivity index (χ0n) is 19.9. The molecule has 3 heterocycles. The summed E-state index contributed by atoms with van der Waals surface area (Å²) >= 11 is 0. The molecule has 0 saturated heterocycles. The van der Waals surface area contributed by atoms with Gasteiger partial charge in [0.1, 0.15) is 12.9 Å². The van der Waals surface area contributed by atoms with Crippen molar-refractivity contribution in [1.82, 2.24) is 24.6 Å². The van der Waals surface area contributed by atoms with Gasteiger partial charge < -0.3 is 9.64 Å². The van der Waals surface area contributed by atoms with Gasteiger partial charge in [-0.15, -0.1) is 0 Å². The lowest BCUT2D eigenvalue weighted by molar-refractivity contribution is -0.131. The van der Waals surface area contributed by atoms with Crippen LogP contribution in [0.3, 0.4) is 0 Å². The Kier molecular flexibility index (Phi) is 6.39. The number of rotatable bonds is 6. The lowest BCUT2D eigenvalue weighted by Gasteiger charge is -2.26. The quantitative estimate of drug-likeness (QED) is 0.415. The van der Waals surface area contributed by atoms with Gasteiger partial charge in [0.2, 0.25) is 11.8 Å². The lowest BCUT2D eigenvalue weighted by atomic mass is 10.0. The maximum Gasteiger partial charge on any atom is 0.244 e. The van der Waals surface area contributed by atoms with E-state index in [1.807, 2.05) is 52.0 Å². The van der Waals surface area contributed by atoms with Crippen LogP contribution in [0.25, 0.3) is 28.1 Å². The molecule has 7 heteroatoms. The van der Waals surface area contributed by atoms with E-state index in [0.717, 1.165) is 40.2 Å². The van der Waals surface area contributed by atoms with E-state index >= 15 is 0 Å². The highest BCUT2D eigenvalue weighted by atomic mass is 16.5. The average molecular weight is 466 g/mol. The molecule has 0 aliphatic carbocycles. The summed E-state index contributed by atoms with van der Waals surface area (Å²) in [7, 11) is 1.59. The Hall–Kier alpha value is -4.26. The molecule has 1 aliphatic heterocycles. The van der Waals surface area contributed by atoms with Gasteiger partial charge in [-0.05, 0) is 36.6 Å². The second kappa shape index (κ2) is 9.93. The van der Waals surface area contributed by atoms with E-state index in [1.165, 1.54) is 11.9 Å². The molecule has 1 amide bonds. The van der Waals surface area contributed by atoms with E-state index < -0.39 is 0 Å². The Labute approximate surface area is 204 Å². The van der Waals surface area contributed by atoms with Gasteiger partial charge in [-0.25, -0.2) is 9.97 Å². The first-order chi connectivity index (χ1) is 17.1. The molecule has 5 rings (SSSR count). The fraction of sp³-hybridized carbons (Fsp3) is 0.214. The molecule has 176 valence electrons. The Bertz CT molecular complexity index is 1380. The van der Waals surface area contributed by atoms with Crippen molar-refractivity contribution in [3.63, 3.8) is 0 Å². The third kappa shape index (κ3) is 4.99. The van der Waals surface area contributed by atoms with Gasteiger partial charge in [-0.3, -0.25) is 9.48 Å². The van der Waals surface area contributed by atoms with Crippen LogP contribution in [0.1, 0.15) is 17.7 Å². The van der Waals surface area contributed by atoms with Crippen molar-refractivity contribution in [2.75, 3.05) is 20.2 Å². The minimum Gasteiger partial charge on any atom is -0.481 e. The smallest absolute Gasteiger partial charge is 0.244 e. The van der Waals surface area contributed by atoms with Gasteiger partial charge >= 0.3 is 0 Å². The fourth-order valence-electron chi connectivity index (χ4n) is 4.31. The van der Waals surface area contributed by atoms with Crippen LogP contribution in [0.4, 0.5) is 0 Å². The Morgan fingerprint density at radius 2 is 1.80 bits per heavy atom. The van der Waals surface area contributed by atoms with Crippen LogP contribution in [0.2, 0.25) is 0 Å². The van der Waals surface area contributed by atoms with Crippen LogP contribution in [-0.2, 0) is 11.3 Å². The summed E-state index contributed by atoms with van der Waals surface area (Å²) < 4.78 is 7.03. The first-order valence-corrected chi connectivity index (χ1v) is 11.6. The number of benzene rings is 2. The van der Waals surface area contributed by atoms with Crippen molar-refractivity contribution >= 4 is 11.5 Å². The molecular weight excluding hydrogens is 438 g/mol. The molecular formula is C28H27N5O2. The van der Waals surface area contributed by atoms with Crippen molar-refractivity contribution in [1.29, 1.82) is 0 Å². The lowest BCUT2D eigenvalue weighted by Crippen LogP contribution is -2.37. The highest BCUT2D eigenvalue weighted by Crippen LogP contribution is 2.27. The van der Waals surface area contributed by atoms with Gasteiger partial charge in [0.25, 0.3) is 0 Å². The number of hydrogen-bond acceptors (Lipinski definition) is 5. The molecule has 0 radical (unpaired) electrons. The van der Waals surface area contributed by atoms with E-state index in [-0.39, 0.29) is 12.5 Å². The molecule has 0 atom stereocenters. The van der Waals surface area contributed by atoms with Gasteiger partial charge in [0.05, 0.1) is 24.2 Å². The third-order valence-electron chi connectivity index (χ3n) is 6.19. The molecule has 1 aliphatic rings. The second-order valence-corrected chi connectivity index (χ2v) is 8.57. The van der Waals surface area contributed by atoms with E-state index in [9.17, 15) is 4.79 Å². The second-order valence-electron chi connectivity index (χ2n) is 8.57. The van der Waals surface area contributed by atoms with E-state index in [0.29, 0.717) is 19.0 Å². The predicted molar refractivity (Wildman–Crippen MR) is 136 cm³/mol. The molecule has 4 aromatic rings. The van der Waals surface area contributed by atoms with Crippen LogP contribution in [0, 0.1) is 6.92 Å². The summed E-state index contributed by atoms with van der Waals surface area (Å²) in [5.74, 6) is 0.572. The minimum absolute atomic E-state index is 0.0386. The molecule has 0 bridgehead atoms. The van der Waals surface area contributed by atoms with Crippen molar-refractivity contribution in [2.45, 2.75) is 19.9 Å². The molecule has 2 aromatic carbocycles. The zero-order chi connectivity index (χ0) is 24.2. The summed E-state index contributed by atoms with van der Waals surface area (Å²) in [5.41, 5.74) is 6.97. The normalized spacial score (nSPS) is 13.4. The number of hydrogen-bond donors (Lipinski definition) is 0. The number of carbonyl (C=O) groups is 1. The van der Waals surface area contributed by atoms with Crippen molar-refractivity contribution in [2.24, 2.45) is 0 Å². The average Bonchev–Trinajstić information content (AvgIpc) is 3.33. The SMILES string of the molecule is COc1cc(C2=CCN(C(=O)Cn3nc(-c4cccc(C)c4)cc3-c3ccccc3)CC2)ncn1. The zero-order valence-corrected chi connectivity index (χ0v) is 19.9. The number of methoxy groups -OCH3 is 1. The predicted octanol–water partition coefficient (Wildman–Crippen LogP) is 4.64. The van der Waals surface area contributed by atoms with Crippen molar-refractivity contribution in [3.05, 3.63) is 90.4 Å². The molecule has 0 unspecified atom stereocenters. The van der Waals surface area contributed by atoms with Crippen LogP contribution < -0.4 is 4.74 Å². The first-order valence-electron chi connectivity index (χ1n) is 11.6. The van der Waals surface area contributed by atoms with Gasteiger partial charge in [-0.1, -0.05) is 60.2 Å². The molecule has 0 saturated carbocycles. The van der Waals surface area contributed by atoms with Gasteiger partial charge in [0.15, 0.2) is 0 Å². The van der Waals surface area contributed by atoms with Crippen LogP contribution in [-0.4, -0.2) is 50.8 Å². The molecule has 0 N–H and O–H groups in total. The third-order valence-corrected chi connectivity index (χ3v) is 6.19. The van der Waals surface area contributed by atoms with E-state index in [4.69, 9.17) is 9.84 Å². The molecule has 0 fully saturated rings. The molecule has 0 spiro atoms. The minimum atomic E-state index is 0.0386. The molecule has 2 aromatic heterocycles. The number of ether oxygens (including phenoxy) is 1. The summed E-state index contributed by atoms with van der Waals surface area (Å²) in [6.45, 7) is 3.41. The number of aromatic nitrogens is 4. The summed E-state index contributed by atoms with van der Waals surface area (Å²) in [6, 6.07) is 22.2. The number of amides is 1. The van der Waals surface area contributed by atoms with Crippen LogP contribution in [0.5, 0.6) is 5.88 Å². The number of nitrogens with zero attached hydrogens (tertiary/aromatic N) is 5. The first kappa shape index (κ1) is 22.5. The largest absolute Gasteiger partial charge is 0.481 e. The highest BCUT2D eigenvalue weighted by molar-refractivity contribution is 5.79. The standard InChI is InChI=1S/C28H27N5O2/c1-20-7-6-10-23(15-20)25-16-26(22-8-4-3-5-9-22)33(31-25)18-28(34)32-13-11-21(12-14-32)24-17-27(35-2)30-19-29-24/h3-11,15-17,19H,12-14,18H2,1-2H3. The van der Waals surface area contributed by atoms with Crippen molar-refractivity contribution < 1.29 is 9.53 Å². The van der Waals surface area contributed by atoms with Crippen molar-refractivity contribution in [3.8, 4) is 28.4 Å². The molecule has 7 nitrogen and oxygen atoms in total. The summed E-state index contributed by atoms with van der Waals surface area (Å²) in [4.78, 5) is 23.6. The summed E-state index contributed by atoms with van der Waals surface area (Å²) in [6.07, 6.45) is 4.29. The maximum atomic E-state index is 13.3. The topological polar surface area (TPSA) is 73.1 Å². The van der Waals surface area contributed by atoms with E-state index in [1.54, 1.807) is 7.11 Å². The number of aryl methyl sites for hydroxylation is 1. The highest BCUT2D eigenvalue weighted by Gasteiger charge is 2.21. The van der Waals surface area contributed by atoms with Gasteiger partial charge in [-0.2, -0.15) is 5.10 Å². The van der Waals surface area contributed by atoms with Crippen LogP contribution >= 0.6 is 0 Å². The Morgan fingerprint density at radius 1 is 0.971 bits per heavy atom. The number of carbonyl (C=O) groups excluding carboxylic acids is 1. The molecule has 35 heavy (non-hydrogen) atoms. The summed E-state index contributed by atoms with van der Waals surface area (Å²) in [5, 5.41) is 4.84. The van der Waals surface area contributed by atoms with Gasteiger partial charge in [0, 0.05) is 24.7 Å². The van der Waals surface area contributed by atoms with E-state index in [2.05, 4.69) is 47.2 Å². The monoisotopic (exact) mass is 465 g/mol. The van der Waals surface area contributed by atoms with Crippen LogP contribution in [0.15, 0.2) is 79.1 Å².